The SMILES string of the molecule is Cn1nc(N2CCNCC2)c(S(C)(=O)=O)c1N. The molecule has 96 valence electrons. The Hall–Kier alpha value is -1.28. The minimum atomic E-state index is -3.36. The highest BCUT2D eigenvalue weighted by Crippen LogP contribution is 2.29. The maximum Gasteiger partial charge on any atom is 0.182 e. The average Bonchev–Trinajstić information content (AvgIpc) is 2.56. The normalized spacial score (nSPS) is 17.4. The number of nitrogens with two attached hydrogens (primary N) is 1. The Bertz CT molecular complexity index is 516. The zero-order chi connectivity index (χ0) is 12.6. The van der Waals surface area contributed by atoms with Crippen LogP contribution in [0.3, 0.4) is 0 Å². The Morgan fingerprint density at radius 1 is 1.35 bits per heavy atom. The van der Waals surface area contributed by atoms with Gasteiger partial charge in [-0.25, -0.2) is 13.1 Å². The van der Waals surface area contributed by atoms with E-state index in [0.29, 0.717) is 5.82 Å². The number of sulfone groups is 1. The summed E-state index contributed by atoms with van der Waals surface area (Å²) in [6.45, 7) is 3.11. The monoisotopic (exact) mass is 259 g/mol. The maximum absolute atomic E-state index is 11.8. The van der Waals surface area contributed by atoms with E-state index in [9.17, 15) is 8.42 Å². The molecule has 1 aliphatic rings. The Labute approximate surface area is 100 Å². The second-order valence-corrected chi connectivity index (χ2v) is 6.12. The van der Waals surface area contributed by atoms with Crippen LogP contribution < -0.4 is 16.0 Å². The number of nitrogen functional groups attached to an aromatic ring is 1. The fraction of sp³-hybridized carbons (Fsp3) is 0.667. The number of anilines is 2. The standard InChI is InChI=1S/C9H17N5O2S/c1-13-8(10)7(17(2,15)16)9(12-13)14-5-3-11-4-6-14/h11H,3-6,10H2,1-2H3. The highest BCUT2D eigenvalue weighted by molar-refractivity contribution is 7.91. The first-order valence-corrected chi connectivity index (χ1v) is 7.28. The number of aryl methyl sites for hydroxylation is 1. The number of piperazine rings is 1. The molecule has 0 unspecified atom stereocenters. The summed E-state index contributed by atoms with van der Waals surface area (Å²) in [7, 11) is -1.71. The zero-order valence-corrected chi connectivity index (χ0v) is 10.8. The number of hydrogen-bond donors (Lipinski definition) is 2. The first-order chi connectivity index (χ1) is 7.91. The molecular formula is C9H17N5O2S. The first-order valence-electron chi connectivity index (χ1n) is 5.39. The maximum atomic E-state index is 11.8. The van der Waals surface area contributed by atoms with Gasteiger partial charge < -0.3 is 16.0 Å². The lowest BCUT2D eigenvalue weighted by atomic mass is 10.3. The lowest BCUT2D eigenvalue weighted by Gasteiger charge is -2.27. The summed E-state index contributed by atoms with van der Waals surface area (Å²) in [4.78, 5) is 2.09. The third kappa shape index (κ3) is 2.22. The van der Waals surface area contributed by atoms with Gasteiger partial charge in [-0.3, -0.25) is 0 Å². The largest absolute Gasteiger partial charge is 0.383 e. The van der Waals surface area contributed by atoms with Crippen LogP contribution in [0.25, 0.3) is 0 Å². The van der Waals surface area contributed by atoms with Crippen molar-refractivity contribution in [1.82, 2.24) is 15.1 Å². The second kappa shape index (κ2) is 4.19. The average molecular weight is 259 g/mol. The summed E-state index contributed by atoms with van der Waals surface area (Å²) in [6, 6.07) is 0. The molecule has 0 bridgehead atoms. The third-order valence-electron chi connectivity index (χ3n) is 2.82. The molecule has 1 aromatic rings. The number of nitrogens with zero attached hydrogens (tertiary/aromatic N) is 3. The van der Waals surface area contributed by atoms with Gasteiger partial charge >= 0.3 is 0 Å². The van der Waals surface area contributed by atoms with Crippen LogP contribution in [0.15, 0.2) is 4.90 Å². The smallest absolute Gasteiger partial charge is 0.182 e. The Kier molecular flexibility index (Phi) is 3.00. The lowest BCUT2D eigenvalue weighted by Crippen LogP contribution is -2.44. The minimum absolute atomic E-state index is 0.141. The van der Waals surface area contributed by atoms with Crippen LogP contribution in [-0.2, 0) is 16.9 Å². The molecule has 0 spiro atoms. The van der Waals surface area contributed by atoms with Gasteiger partial charge in [0, 0.05) is 39.5 Å². The van der Waals surface area contributed by atoms with E-state index in [1.807, 2.05) is 4.90 Å². The van der Waals surface area contributed by atoms with E-state index in [1.54, 1.807) is 7.05 Å². The molecule has 0 radical (unpaired) electrons. The van der Waals surface area contributed by atoms with Crippen molar-refractivity contribution >= 4 is 21.5 Å². The lowest BCUT2D eigenvalue weighted by molar-refractivity contribution is 0.576. The van der Waals surface area contributed by atoms with E-state index in [4.69, 9.17) is 5.73 Å². The molecule has 1 saturated heterocycles. The van der Waals surface area contributed by atoms with Gasteiger partial charge in [0.15, 0.2) is 20.6 Å². The number of nitrogens with one attached hydrogen (secondary N) is 1. The summed E-state index contributed by atoms with van der Waals surface area (Å²) < 4.78 is 24.9. The van der Waals surface area contributed by atoms with Crippen LogP contribution in [0.4, 0.5) is 11.6 Å². The van der Waals surface area contributed by atoms with E-state index >= 15 is 0 Å². The molecule has 0 aromatic carbocycles. The van der Waals surface area contributed by atoms with Crippen LogP contribution >= 0.6 is 0 Å². The molecule has 2 heterocycles. The Morgan fingerprint density at radius 2 is 1.94 bits per heavy atom. The van der Waals surface area contributed by atoms with Gasteiger partial charge in [0.1, 0.15) is 5.82 Å². The third-order valence-corrected chi connectivity index (χ3v) is 3.95. The highest BCUT2D eigenvalue weighted by Gasteiger charge is 2.27. The number of aromatic nitrogens is 2. The fourth-order valence-corrected chi connectivity index (χ4v) is 2.96. The predicted octanol–water partition coefficient (Wildman–Crippen LogP) is -1.18. The van der Waals surface area contributed by atoms with E-state index in [-0.39, 0.29) is 10.7 Å². The molecule has 7 nitrogen and oxygen atoms in total. The van der Waals surface area contributed by atoms with Gasteiger partial charge in [0.25, 0.3) is 0 Å². The van der Waals surface area contributed by atoms with E-state index < -0.39 is 9.84 Å². The molecule has 0 amide bonds. The molecule has 3 N–H and O–H groups in total. The molecule has 1 fully saturated rings. The van der Waals surface area contributed by atoms with Crippen molar-refractivity contribution in [1.29, 1.82) is 0 Å². The zero-order valence-electron chi connectivity index (χ0n) is 9.97. The molecule has 8 heteroatoms. The predicted molar refractivity (Wildman–Crippen MR) is 65.8 cm³/mol. The molecule has 17 heavy (non-hydrogen) atoms. The molecule has 1 aliphatic heterocycles. The molecule has 0 saturated carbocycles. The van der Waals surface area contributed by atoms with Crippen LogP contribution in [-0.4, -0.2) is 50.6 Å². The summed E-state index contributed by atoms with van der Waals surface area (Å²) in [6.07, 6.45) is 1.16. The second-order valence-electron chi connectivity index (χ2n) is 4.17. The van der Waals surface area contributed by atoms with E-state index in [0.717, 1.165) is 32.4 Å². The number of rotatable bonds is 2. The molecule has 0 aliphatic carbocycles. The molecular weight excluding hydrogens is 242 g/mol. The van der Waals surface area contributed by atoms with Crippen LogP contribution in [0.2, 0.25) is 0 Å². The van der Waals surface area contributed by atoms with Gasteiger partial charge in [0.2, 0.25) is 0 Å². The van der Waals surface area contributed by atoms with E-state index in [1.165, 1.54) is 4.68 Å². The summed E-state index contributed by atoms with van der Waals surface area (Å²) in [5.74, 6) is 0.662. The van der Waals surface area contributed by atoms with Gasteiger partial charge in [-0.05, 0) is 0 Å². The van der Waals surface area contributed by atoms with Crippen molar-refractivity contribution < 1.29 is 8.42 Å². The van der Waals surface area contributed by atoms with Crippen molar-refractivity contribution in [3.05, 3.63) is 0 Å². The van der Waals surface area contributed by atoms with Crippen molar-refractivity contribution in [3.63, 3.8) is 0 Å². The first kappa shape index (κ1) is 12.2. The molecule has 1 aromatic heterocycles. The van der Waals surface area contributed by atoms with Crippen molar-refractivity contribution in [3.8, 4) is 0 Å². The highest BCUT2D eigenvalue weighted by atomic mass is 32.2. The van der Waals surface area contributed by atoms with Crippen LogP contribution in [0, 0.1) is 0 Å². The van der Waals surface area contributed by atoms with Crippen molar-refractivity contribution in [2.45, 2.75) is 4.90 Å². The summed E-state index contributed by atoms with van der Waals surface area (Å²) in [5.41, 5.74) is 5.78. The summed E-state index contributed by atoms with van der Waals surface area (Å²) in [5, 5.41) is 7.42. The topological polar surface area (TPSA) is 93.2 Å². The van der Waals surface area contributed by atoms with Crippen molar-refractivity contribution in [2.24, 2.45) is 7.05 Å². The minimum Gasteiger partial charge on any atom is -0.383 e. The Balaban J connectivity index is 2.50. The van der Waals surface area contributed by atoms with Gasteiger partial charge in [-0.1, -0.05) is 0 Å². The van der Waals surface area contributed by atoms with Gasteiger partial charge in [-0.15, -0.1) is 0 Å². The van der Waals surface area contributed by atoms with Gasteiger partial charge in [0.05, 0.1) is 0 Å². The fourth-order valence-electron chi connectivity index (χ4n) is 1.94. The molecule has 0 atom stereocenters. The molecule has 2 rings (SSSR count). The summed E-state index contributed by atoms with van der Waals surface area (Å²) >= 11 is 0. The Morgan fingerprint density at radius 3 is 2.47 bits per heavy atom. The van der Waals surface area contributed by atoms with Crippen molar-refractivity contribution in [2.75, 3.05) is 43.1 Å². The quantitative estimate of drug-likeness (QED) is 0.694. The van der Waals surface area contributed by atoms with E-state index in [2.05, 4.69) is 10.4 Å². The van der Waals surface area contributed by atoms with Crippen LogP contribution in [0.1, 0.15) is 0 Å². The van der Waals surface area contributed by atoms with Crippen LogP contribution in [0.5, 0.6) is 0 Å². The number of hydrogen-bond acceptors (Lipinski definition) is 6. The van der Waals surface area contributed by atoms with Gasteiger partial charge in [-0.2, -0.15) is 5.10 Å².